The summed E-state index contributed by atoms with van der Waals surface area (Å²) in [6, 6.07) is 5.56. The van der Waals surface area contributed by atoms with Crippen LogP contribution in [0.2, 0.25) is 0 Å². The number of benzene rings is 1. The molecule has 1 aliphatic heterocycles. The molecule has 98 valence electrons. The number of carbonyl (C=O) groups excluding carboxylic acids is 1. The van der Waals surface area contributed by atoms with Crippen molar-refractivity contribution in [2.75, 3.05) is 13.2 Å². The fraction of sp³-hybridized carbons (Fsp3) is 0.462. The van der Waals surface area contributed by atoms with Gasteiger partial charge in [-0.05, 0) is 24.6 Å². The molecule has 18 heavy (non-hydrogen) atoms. The normalized spacial score (nSPS) is 16.8. The molecule has 0 radical (unpaired) electrons. The van der Waals surface area contributed by atoms with Gasteiger partial charge in [0.05, 0.1) is 13.2 Å². The molecule has 1 aliphatic rings. The van der Waals surface area contributed by atoms with Crippen LogP contribution < -0.4 is 0 Å². The maximum absolute atomic E-state index is 12.0. The molecule has 0 unspecified atom stereocenters. The molecule has 2 rings (SSSR count). The third kappa shape index (κ3) is 4.16. The van der Waals surface area contributed by atoms with E-state index in [1.165, 1.54) is 0 Å². The Morgan fingerprint density at radius 1 is 1.17 bits per heavy atom. The molecule has 1 fully saturated rings. The molecular formula is C13H14Br2O3. The van der Waals surface area contributed by atoms with E-state index in [1.54, 1.807) is 0 Å². The molecule has 0 N–H and O–H groups in total. The highest BCUT2D eigenvalue weighted by atomic mass is 79.9. The van der Waals surface area contributed by atoms with E-state index in [-0.39, 0.29) is 12.1 Å². The van der Waals surface area contributed by atoms with Crippen molar-refractivity contribution in [1.82, 2.24) is 0 Å². The fourth-order valence-electron chi connectivity index (χ4n) is 1.81. The molecular weight excluding hydrogens is 364 g/mol. The smallest absolute Gasteiger partial charge is 0.163 e. The van der Waals surface area contributed by atoms with Crippen LogP contribution in [0.25, 0.3) is 0 Å². The van der Waals surface area contributed by atoms with Gasteiger partial charge in [0.25, 0.3) is 0 Å². The van der Waals surface area contributed by atoms with Gasteiger partial charge in [-0.15, -0.1) is 0 Å². The highest BCUT2D eigenvalue weighted by Gasteiger charge is 2.16. The number of hydrogen-bond acceptors (Lipinski definition) is 3. The van der Waals surface area contributed by atoms with E-state index in [9.17, 15) is 4.79 Å². The van der Waals surface area contributed by atoms with Crippen molar-refractivity contribution >= 4 is 37.6 Å². The highest BCUT2D eigenvalue weighted by molar-refractivity contribution is 9.11. The summed E-state index contributed by atoms with van der Waals surface area (Å²) in [4.78, 5) is 12.0. The number of hydrogen-bond donors (Lipinski definition) is 0. The molecule has 3 nitrogen and oxygen atoms in total. The van der Waals surface area contributed by atoms with E-state index in [0.717, 1.165) is 28.6 Å². The van der Waals surface area contributed by atoms with Crippen LogP contribution in [0.4, 0.5) is 0 Å². The largest absolute Gasteiger partial charge is 0.353 e. The first-order valence-electron chi connectivity index (χ1n) is 5.87. The molecule has 1 aromatic rings. The predicted octanol–water partition coefficient (Wildman–Crippen LogP) is 3.94. The highest BCUT2D eigenvalue weighted by Crippen LogP contribution is 2.22. The van der Waals surface area contributed by atoms with Crippen molar-refractivity contribution in [1.29, 1.82) is 0 Å². The molecule has 0 amide bonds. The minimum absolute atomic E-state index is 0.106. The van der Waals surface area contributed by atoms with Crippen LogP contribution in [0.1, 0.15) is 29.6 Å². The molecule has 0 aliphatic carbocycles. The lowest BCUT2D eigenvalue weighted by Crippen LogP contribution is -2.25. The van der Waals surface area contributed by atoms with E-state index in [2.05, 4.69) is 31.9 Å². The number of rotatable bonds is 4. The van der Waals surface area contributed by atoms with Gasteiger partial charge in [0.2, 0.25) is 0 Å². The Hall–Kier alpha value is -0.230. The Morgan fingerprint density at radius 2 is 1.78 bits per heavy atom. The quantitative estimate of drug-likeness (QED) is 0.745. The van der Waals surface area contributed by atoms with Crippen molar-refractivity contribution in [3.8, 4) is 0 Å². The topological polar surface area (TPSA) is 35.5 Å². The van der Waals surface area contributed by atoms with E-state index in [0.29, 0.717) is 18.4 Å². The molecule has 1 aromatic carbocycles. The Bertz CT molecular complexity index is 408. The minimum Gasteiger partial charge on any atom is -0.353 e. The second-order valence-corrected chi connectivity index (χ2v) is 5.98. The van der Waals surface area contributed by atoms with E-state index >= 15 is 0 Å². The second-order valence-electron chi connectivity index (χ2n) is 4.14. The zero-order valence-corrected chi connectivity index (χ0v) is 13.0. The third-order valence-electron chi connectivity index (χ3n) is 2.69. The van der Waals surface area contributed by atoms with E-state index in [4.69, 9.17) is 9.47 Å². The summed E-state index contributed by atoms with van der Waals surface area (Å²) in [6.07, 6.45) is 1.76. The molecule has 1 saturated heterocycles. The Labute approximate surface area is 123 Å². The number of ketones is 1. The lowest BCUT2D eigenvalue weighted by molar-refractivity contribution is -0.180. The fourth-order valence-corrected chi connectivity index (χ4v) is 3.11. The van der Waals surface area contributed by atoms with Gasteiger partial charge in [-0.1, -0.05) is 31.9 Å². The van der Waals surface area contributed by atoms with Crippen molar-refractivity contribution < 1.29 is 14.3 Å². The number of carbonyl (C=O) groups is 1. The van der Waals surface area contributed by atoms with Crippen LogP contribution in [0, 0.1) is 0 Å². The third-order valence-corrected chi connectivity index (χ3v) is 3.60. The van der Waals surface area contributed by atoms with Gasteiger partial charge in [0.1, 0.15) is 0 Å². The van der Waals surface area contributed by atoms with Gasteiger partial charge in [0.15, 0.2) is 12.1 Å². The van der Waals surface area contributed by atoms with Crippen LogP contribution in [-0.4, -0.2) is 25.3 Å². The zero-order chi connectivity index (χ0) is 13.0. The van der Waals surface area contributed by atoms with Gasteiger partial charge >= 0.3 is 0 Å². The molecule has 1 heterocycles. The summed E-state index contributed by atoms with van der Waals surface area (Å²) in [5, 5.41) is 0. The van der Waals surface area contributed by atoms with E-state index < -0.39 is 0 Å². The average molecular weight is 378 g/mol. The first-order chi connectivity index (χ1) is 8.65. The van der Waals surface area contributed by atoms with Crippen LogP contribution in [-0.2, 0) is 9.47 Å². The minimum atomic E-state index is -0.224. The summed E-state index contributed by atoms with van der Waals surface area (Å²) < 4.78 is 12.6. The predicted molar refractivity (Wildman–Crippen MR) is 75.7 cm³/mol. The molecule has 0 atom stereocenters. The summed E-state index contributed by atoms with van der Waals surface area (Å²) >= 11 is 6.75. The lowest BCUT2D eigenvalue weighted by atomic mass is 10.1. The van der Waals surface area contributed by atoms with Crippen LogP contribution >= 0.6 is 31.9 Å². The number of ether oxygens (including phenoxy) is 2. The summed E-state index contributed by atoms with van der Waals surface area (Å²) in [6.45, 7) is 1.45. The molecule has 0 bridgehead atoms. The lowest BCUT2D eigenvalue weighted by Gasteiger charge is -2.22. The SMILES string of the molecule is O=C(CCC1OCCCO1)c1cc(Br)cc(Br)c1. The van der Waals surface area contributed by atoms with Gasteiger partial charge in [0, 0.05) is 27.4 Å². The Balaban J connectivity index is 1.90. The van der Waals surface area contributed by atoms with Gasteiger partial charge in [-0.2, -0.15) is 0 Å². The number of halogens is 2. The average Bonchev–Trinajstić information content (AvgIpc) is 2.36. The number of Topliss-reactive ketones (excluding diaryl/α,β-unsaturated/α-hetero) is 1. The molecule has 0 saturated carbocycles. The van der Waals surface area contributed by atoms with Gasteiger partial charge < -0.3 is 9.47 Å². The summed E-state index contributed by atoms with van der Waals surface area (Å²) in [5.41, 5.74) is 0.701. The van der Waals surface area contributed by atoms with Crippen molar-refractivity contribution in [3.05, 3.63) is 32.7 Å². The van der Waals surface area contributed by atoms with Crippen LogP contribution in [0.5, 0.6) is 0 Å². The molecule has 0 spiro atoms. The van der Waals surface area contributed by atoms with Crippen LogP contribution in [0.15, 0.2) is 27.1 Å². The Morgan fingerprint density at radius 3 is 2.39 bits per heavy atom. The monoisotopic (exact) mass is 376 g/mol. The van der Waals surface area contributed by atoms with Crippen molar-refractivity contribution in [2.24, 2.45) is 0 Å². The first kappa shape index (κ1) is 14.2. The van der Waals surface area contributed by atoms with Gasteiger partial charge in [-0.25, -0.2) is 0 Å². The Kier molecular flexibility index (Phi) is 5.36. The summed E-state index contributed by atoms with van der Waals surface area (Å²) in [5.74, 6) is 0.106. The first-order valence-corrected chi connectivity index (χ1v) is 7.46. The zero-order valence-electron chi connectivity index (χ0n) is 9.83. The summed E-state index contributed by atoms with van der Waals surface area (Å²) in [7, 11) is 0. The van der Waals surface area contributed by atoms with Crippen molar-refractivity contribution in [3.63, 3.8) is 0 Å². The van der Waals surface area contributed by atoms with Crippen molar-refractivity contribution in [2.45, 2.75) is 25.6 Å². The standard InChI is InChI=1S/C13H14Br2O3/c14-10-6-9(7-11(15)8-10)12(16)2-3-13-17-4-1-5-18-13/h6-8,13H,1-5H2. The van der Waals surface area contributed by atoms with Crippen LogP contribution in [0.3, 0.4) is 0 Å². The van der Waals surface area contributed by atoms with E-state index in [1.807, 2.05) is 18.2 Å². The molecule has 5 heteroatoms. The molecule has 0 aromatic heterocycles. The maximum Gasteiger partial charge on any atom is 0.163 e. The maximum atomic E-state index is 12.0. The van der Waals surface area contributed by atoms with Gasteiger partial charge in [-0.3, -0.25) is 4.79 Å². The second kappa shape index (κ2) is 6.80.